The standard InChI is InChI=1S/C8H7O2.ClH.Mg/c1-2-4-8-7(3-1)9-5-6-10-8;;/h1,3-4H,5-6H2;1H;/q-1;;+2/p-1. The second-order valence-electron chi connectivity index (χ2n) is 2.07. The van der Waals surface area contributed by atoms with Crippen molar-refractivity contribution in [2.45, 2.75) is 0 Å². The molecule has 1 aliphatic heterocycles. The number of fused-ring (bicyclic) bond motifs is 1. The summed E-state index contributed by atoms with van der Waals surface area (Å²) in [6.07, 6.45) is 0. The molecule has 1 aliphatic rings. The van der Waals surface area contributed by atoms with Gasteiger partial charge in [0.15, 0.2) is 0 Å². The third-order valence-electron chi connectivity index (χ3n) is 1.39. The zero-order valence-corrected chi connectivity index (χ0v) is 8.72. The summed E-state index contributed by atoms with van der Waals surface area (Å²) in [6.45, 7) is 1.29. The molecule has 0 saturated heterocycles. The molecule has 0 atom stereocenters. The Morgan fingerprint density at radius 1 is 1.17 bits per heavy atom. The normalized spacial score (nSPS) is 12.3. The van der Waals surface area contributed by atoms with Crippen molar-refractivity contribution in [2.75, 3.05) is 13.2 Å². The molecule has 0 aliphatic carbocycles. The van der Waals surface area contributed by atoms with Gasteiger partial charge in [-0.3, -0.25) is 0 Å². The summed E-state index contributed by atoms with van der Waals surface area (Å²) in [4.78, 5) is 0. The molecule has 0 amide bonds. The van der Waals surface area contributed by atoms with Crippen molar-refractivity contribution in [1.29, 1.82) is 0 Å². The Balaban J connectivity index is 0.000000605. The van der Waals surface area contributed by atoms with Crippen LogP contribution in [0.15, 0.2) is 18.2 Å². The van der Waals surface area contributed by atoms with Gasteiger partial charge in [0.25, 0.3) is 0 Å². The monoisotopic (exact) mass is 194 g/mol. The second kappa shape index (κ2) is 5.51. The molecule has 0 fully saturated rings. The summed E-state index contributed by atoms with van der Waals surface area (Å²) in [5.74, 6) is 1.62. The first-order valence-corrected chi connectivity index (χ1v) is 3.22. The van der Waals surface area contributed by atoms with Crippen LogP contribution < -0.4 is 21.9 Å². The second-order valence-corrected chi connectivity index (χ2v) is 2.07. The predicted octanol–water partition coefficient (Wildman–Crippen LogP) is -2.12. The largest absolute Gasteiger partial charge is 2.00 e. The molecular formula is C8H7ClMgO2. The molecule has 0 bridgehead atoms. The van der Waals surface area contributed by atoms with Crippen LogP contribution in [-0.4, -0.2) is 36.3 Å². The zero-order chi connectivity index (χ0) is 6.81. The first-order chi connectivity index (χ1) is 4.97. The number of rotatable bonds is 0. The number of hydrogen-bond acceptors (Lipinski definition) is 2. The molecule has 0 saturated carbocycles. The van der Waals surface area contributed by atoms with Gasteiger partial charge in [0.05, 0.1) is 5.75 Å². The van der Waals surface area contributed by atoms with Gasteiger partial charge in [-0.15, -0.1) is 12.1 Å². The molecule has 12 heavy (non-hydrogen) atoms. The Morgan fingerprint density at radius 2 is 1.83 bits per heavy atom. The smallest absolute Gasteiger partial charge is 1.00 e. The van der Waals surface area contributed by atoms with Gasteiger partial charge in [0.2, 0.25) is 0 Å². The summed E-state index contributed by atoms with van der Waals surface area (Å²) < 4.78 is 10.5. The molecule has 0 unspecified atom stereocenters. The van der Waals surface area contributed by atoms with Crippen LogP contribution in [0.3, 0.4) is 0 Å². The van der Waals surface area contributed by atoms with Gasteiger partial charge in [0, 0.05) is 5.75 Å². The summed E-state index contributed by atoms with van der Waals surface area (Å²) in [5.41, 5.74) is 0. The van der Waals surface area contributed by atoms with Crippen molar-refractivity contribution >= 4 is 23.1 Å². The molecule has 1 heterocycles. The topological polar surface area (TPSA) is 18.5 Å². The summed E-state index contributed by atoms with van der Waals surface area (Å²) in [7, 11) is 0. The van der Waals surface area contributed by atoms with Crippen LogP contribution in [0.4, 0.5) is 0 Å². The number of benzene rings is 1. The van der Waals surface area contributed by atoms with Crippen molar-refractivity contribution in [2.24, 2.45) is 0 Å². The molecular weight excluding hydrogens is 188 g/mol. The maximum atomic E-state index is 5.28. The summed E-state index contributed by atoms with van der Waals surface area (Å²) in [6, 6.07) is 8.37. The number of ether oxygens (including phenoxy) is 2. The number of hydrogen-bond donors (Lipinski definition) is 0. The Kier molecular flexibility index (Phi) is 5.45. The van der Waals surface area contributed by atoms with E-state index in [2.05, 4.69) is 6.07 Å². The van der Waals surface area contributed by atoms with Crippen molar-refractivity contribution in [3.05, 3.63) is 24.3 Å². The van der Waals surface area contributed by atoms with E-state index in [1.165, 1.54) is 0 Å². The molecule has 0 N–H and O–H groups in total. The third-order valence-corrected chi connectivity index (χ3v) is 1.39. The third kappa shape index (κ3) is 2.43. The minimum absolute atomic E-state index is 0. The van der Waals surface area contributed by atoms with E-state index in [-0.39, 0.29) is 35.5 Å². The van der Waals surface area contributed by atoms with E-state index in [0.717, 1.165) is 11.5 Å². The molecule has 1 aromatic rings. The Morgan fingerprint density at radius 3 is 2.50 bits per heavy atom. The molecule has 4 heteroatoms. The van der Waals surface area contributed by atoms with Gasteiger partial charge in [-0.05, 0) is 0 Å². The molecule has 60 valence electrons. The fourth-order valence-corrected chi connectivity index (χ4v) is 0.936. The van der Waals surface area contributed by atoms with E-state index in [1.807, 2.05) is 12.1 Å². The molecule has 0 radical (unpaired) electrons. The molecule has 1 aromatic carbocycles. The number of halogens is 1. The maximum Gasteiger partial charge on any atom is 2.00 e. The first-order valence-electron chi connectivity index (χ1n) is 3.22. The van der Waals surface area contributed by atoms with Gasteiger partial charge in [-0.2, -0.15) is 12.1 Å². The zero-order valence-electron chi connectivity index (χ0n) is 6.55. The van der Waals surface area contributed by atoms with Gasteiger partial charge in [-0.1, -0.05) is 0 Å². The fourth-order valence-electron chi connectivity index (χ4n) is 0.936. The maximum absolute atomic E-state index is 5.28. The van der Waals surface area contributed by atoms with Crippen molar-refractivity contribution < 1.29 is 21.9 Å². The fraction of sp³-hybridized carbons (Fsp3) is 0.250. The SMILES string of the molecule is [Cl-].[Mg+2].[c-]1ccc2c(c1)OCCO2. The van der Waals surface area contributed by atoms with Gasteiger partial charge in [-0.25, -0.2) is 0 Å². The van der Waals surface area contributed by atoms with Crippen LogP contribution in [0, 0.1) is 6.07 Å². The van der Waals surface area contributed by atoms with Crippen LogP contribution in [0.5, 0.6) is 11.5 Å². The van der Waals surface area contributed by atoms with Crippen molar-refractivity contribution in [3.8, 4) is 11.5 Å². The molecule has 0 spiro atoms. The van der Waals surface area contributed by atoms with E-state index in [4.69, 9.17) is 9.47 Å². The van der Waals surface area contributed by atoms with Crippen LogP contribution in [0.1, 0.15) is 0 Å². The van der Waals surface area contributed by atoms with E-state index >= 15 is 0 Å². The molecule has 2 nitrogen and oxygen atoms in total. The van der Waals surface area contributed by atoms with Gasteiger partial charge < -0.3 is 21.9 Å². The van der Waals surface area contributed by atoms with Crippen LogP contribution in [-0.2, 0) is 0 Å². The Bertz CT molecular complexity index is 217. The van der Waals surface area contributed by atoms with Crippen molar-refractivity contribution in [1.82, 2.24) is 0 Å². The summed E-state index contributed by atoms with van der Waals surface area (Å²) >= 11 is 0. The van der Waals surface area contributed by atoms with Gasteiger partial charge in [0.1, 0.15) is 13.2 Å². The van der Waals surface area contributed by atoms with E-state index < -0.39 is 0 Å². The van der Waals surface area contributed by atoms with Crippen LogP contribution in [0.25, 0.3) is 0 Å². The Labute approximate surface area is 93.8 Å². The Hall–Kier alpha value is -0.124. The van der Waals surface area contributed by atoms with Crippen molar-refractivity contribution in [3.63, 3.8) is 0 Å². The van der Waals surface area contributed by atoms with E-state index in [9.17, 15) is 0 Å². The van der Waals surface area contributed by atoms with Gasteiger partial charge >= 0.3 is 23.1 Å². The van der Waals surface area contributed by atoms with Crippen LogP contribution >= 0.6 is 0 Å². The van der Waals surface area contributed by atoms with E-state index in [1.54, 1.807) is 6.07 Å². The summed E-state index contributed by atoms with van der Waals surface area (Å²) in [5, 5.41) is 0. The average Bonchev–Trinajstić information content (AvgIpc) is 2.05. The average molecular weight is 195 g/mol. The quantitative estimate of drug-likeness (QED) is 0.348. The first kappa shape index (κ1) is 11.9. The van der Waals surface area contributed by atoms with E-state index in [0.29, 0.717) is 13.2 Å². The predicted molar refractivity (Wildman–Crippen MR) is 42.0 cm³/mol. The minimum atomic E-state index is 0. The molecule has 2 rings (SSSR count). The van der Waals surface area contributed by atoms with Crippen LogP contribution in [0.2, 0.25) is 0 Å². The minimum Gasteiger partial charge on any atom is -1.00 e. The molecule has 0 aromatic heterocycles.